The third kappa shape index (κ3) is 6.30. The largest absolute Gasteiger partial charge is 0.497 e. The van der Waals surface area contributed by atoms with Crippen LogP contribution in [0.1, 0.15) is 38.5 Å². The molecule has 0 aromatic heterocycles. The molecule has 0 bridgehead atoms. The van der Waals surface area contributed by atoms with Crippen LogP contribution in [-0.4, -0.2) is 31.4 Å². The number of methoxy groups -OCH3 is 1. The zero-order valence-corrected chi connectivity index (χ0v) is 15.2. The maximum Gasteiger partial charge on any atom is 0.431 e. The van der Waals surface area contributed by atoms with Gasteiger partial charge in [0.15, 0.2) is 0 Å². The third-order valence-electron chi connectivity index (χ3n) is 4.31. The van der Waals surface area contributed by atoms with Gasteiger partial charge in [-0.15, -0.1) is 0 Å². The first-order chi connectivity index (χ1) is 12.8. The van der Waals surface area contributed by atoms with E-state index >= 15 is 0 Å². The number of alkyl halides is 3. The SMILES string of the molecule is COc1ccc(NC(=O)CCCN=C2CCCCC2=C(N)C(F)(F)F)cc1. The topological polar surface area (TPSA) is 76.7 Å². The fourth-order valence-corrected chi connectivity index (χ4v) is 2.88. The molecule has 1 aliphatic carbocycles. The Kier molecular flexibility index (Phi) is 7.27. The summed E-state index contributed by atoms with van der Waals surface area (Å²) in [5.41, 5.74) is 5.42. The van der Waals surface area contributed by atoms with E-state index in [1.807, 2.05) is 0 Å². The molecular formula is C19H24F3N3O2. The van der Waals surface area contributed by atoms with Crippen molar-refractivity contribution < 1.29 is 22.7 Å². The standard InChI is InChI=1S/C19H24F3N3O2/c1-27-14-10-8-13(9-11-14)25-17(26)7-4-12-24-16-6-3-2-5-15(16)18(23)19(20,21)22/h8-11H,2-7,12,23H2,1H3,(H,25,26). The van der Waals surface area contributed by atoms with Crippen molar-refractivity contribution in [2.75, 3.05) is 19.0 Å². The number of nitrogens with one attached hydrogen (secondary N) is 1. The zero-order valence-electron chi connectivity index (χ0n) is 15.2. The molecule has 27 heavy (non-hydrogen) atoms. The minimum Gasteiger partial charge on any atom is -0.497 e. The van der Waals surface area contributed by atoms with Gasteiger partial charge in [-0.3, -0.25) is 9.79 Å². The summed E-state index contributed by atoms with van der Waals surface area (Å²) in [6.07, 6.45) is -1.60. The number of anilines is 1. The number of hydrogen-bond acceptors (Lipinski definition) is 4. The highest BCUT2D eigenvalue weighted by Gasteiger charge is 2.35. The van der Waals surface area contributed by atoms with Crippen LogP contribution in [-0.2, 0) is 4.79 Å². The van der Waals surface area contributed by atoms with Crippen LogP contribution in [0.2, 0.25) is 0 Å². The van der Waals surface area contributed by atoms with Crippen LogP contribution in [0.3, 0.4) is 0 Å². The number of allylic oxidation sites excluding steroid dienone is 2. The first kappa shape index (κ1) is 20.8. The van der Waals surface area contributed by atoms with E-state index in [0.29, 0.717) is 49.4 Å². The highest BCUT2D eigenvalue weighted by Crippen LogP contribution is 2.30. The van der Waals surface area contributed by atoms with E-state index in [1.54, 1.807) is 31.4 Å². The lowest BCUT2D eigenvalue weighted by Crippen LogP contribution is -2.26. The third-order valence-corrected chi connectivity index (χ3v) is 4.31. The fourth-order valence-electron chi connectivity index (χ4n) is 2.88. The number of nitrogens with zero attached hydrogens (tertiary/aromatic N) is 1. The first-order valence-corrected chi connectivity index (χ1v) is 8.84. The van der Waals surface area contributed by atoms with Gasteiger partial charge in [0.05, 0.1) is 7.11 Å². The summed E-state index contributed by atoms with van der Waals surface area (Å²) >= 11 is 0. The molecule has 0 heterocycles. The van der Waals surface area contributed by atoms with Crippen molar-refractivity contribution in [3.05, 3.63) is 35.5 Å². The average Bonchev–Trinajstić information content (AvgIpc) is 2.65. The van der Waals surface area contributed by atoms with Gasteiger partial charge >= 0.3 is 6.18 Å². The quantitative estimate of drug-likeness (QED) is 0.723. The van der Waals surface area contributed by atoms with Gasteiger partial charge in [-0.2, -0.15) is 13.2 Å². The number of carbonyl (C=O) groups is 1. The molecule has 1 amide bonds. The minimum atomic E-state index is -4.54. The number of amides is 1. The van der Waals surface area contributed by atoms with Gasteiger partial charge in [0, 0.05) is 29.9 Å². The Labute approximate surface area is 156 Å². The lowest BCUT2D eigenvalue weighted by Gasteiger charge is -2.20. The van der Waals surface area contributed by atoms with Crippen molar-refractivity contribution in [3.63, 3.8) is 0 Å². The van der Waals surface area contributed by atoms with E-state index in [1.165, 1.54) is 0 Å². The molecule has 2 rings (SSSR count). The summed E-state index contributed by atoms with van der Waals surface area (Å²) < 4.78 is 43.6. The van der Waals surface area contributed by atoms with Crippen LogP contribution in [0, 0.1) is 0 Å². The van der Waals surface area contributed by atoms with Gasteiger partial charge in [-0.25, -0.2) is 0 Å². The predicted octanol–water partition coefficient (Wildman–Crippen LogP) is 4.20. The number of carbonyl (C=O) groups excluding carboxylic acids is 1. The van der Waals surface area contributed by atoms with E-state index in [4.69, 9.17) is 10.5 Å². The van der Waals surface area contributed by atoms with Crippen molar-refractivity contribution >= 4 is 17.3 Å². The van der Waals surface area contributed by atoms with Gasteiger partial charge < -0.3 is 15.8 Å². The van der Waals surface area contributed by atoms with E-state index in [-0.39, 0.29) is 17.9 Å². The number of ether oxygens (including phenoxy) is 1. The van der Waals surface area contributed by atoms with E-state index in [0.717, 1.165) is 6.42 Å². The summed E-state index contributed by atoms with van der Waals surface area (Å²) in [5.74, 6) is 0.521. The Bertz CT molecular complexity index is 710. The lowest BCUT2D eigenvalue weighted by atomic mass is 9.91. The normalized spacial score (nSPS) is 18.3. The molecule has 1 aromatic rings. The molecule has 148 valence electrons. The van der Waals surface area contributed by atoms with Crippen LogP contribution >= 0.6 is 0 Å². The maximum atomic E-state index is 12.9. The van der Waals surface area contributed by atoms with Crippen molar-refractivity contribution in [3.8, 4) is 5.75 Å². The maximum absolute atomic E-state index is 12.9. The molecule has 0 spiro atoms. The summed E-state index contributed by atoms with van der Waals surface area (Å²) in [6.45, 7) is 0.292. The molecular weight excluding hydrogens is 359 g/mol. The number of rotatable bonds is 6. The molecule has 3 N–H and O–H groups in total. The molecule has 0 saturated heterocycles. The van der Waals surface area contributed by atoms with E-state index in [9.17, 15) is 18.0 Å². The average molecular weight is 383 g/mol. The Morgan fingerprint density at radius 1 is 1.22 bits per heavy atom. The van der Waals surface area contributed by atoms with Crippen LogP contribution in [0.15, 0.2) is 40.5 Å². The summed E-state index contributed by atoms with van der Waals surface area (Å²) in [6, 6.07) is 6.94. The van der Waals surface area contributed by atoms with Gasteiger partial charge in [0.25, 0.3) is 0 Å². The van der Waals surface area contributed by atoms with E-state index < -0.39 is 11.9 Å². The second kappa shape index (κ2) is 9.43. The van der Waals surface area contributed by atoms with Crippen LogP contribution in [0.5, 0.6) is 5.75 Å². The van der Waals surface area contributed by atoms with Gasteiger partial charge in [0.2, 0.25) is 5.91 Å². The van der Waals surface area contributed by atoms with E-state index in [2.05, 4.69) is 10.3 Å². The molecule has 5 nitrogen and oxygen atoms in total. The number of halogens is 3. The number of nitrogens with two attached hydrogens (primary N) is 1. The zero-order chi connectivity index (χ0) is 19.9. The molecule has 1 aliphatic rings. The monoisotopic (exact) mass is 383 g/mol. The molecule has 8 heteroatoms. The van der Waals surface area contributed by atoms with Crippen molar-refractivity contribution in [2.45, 2.75) is 44.7 Å². The molecule has 0 atom stereocenters. The number of aliphatic imine (C=N–C) groups is 1. The molecule has 1 fully saturated rings. The molecule has 0 aliphatic heterocycles. The van der Waals surface area contributed by atoms with Crippen molar-refractivity contribution in [2.24, 2.45) is 10.7 Å². The Balaban J connectivity index is 1.87. The van der Waals surface area contributed by atoms with Crippen LogP contribution in [0.25, 0.3) is 0 Å². The predicted molar refractivity (Wildman–Crippen MR) is 98.9 cm³/mol. The highest BCUT2D eigenvalue weighted by molar-refractivity contribution is 6.01. The smallest absolute Gasteiger partial charge is 0.431 e. The highest BCUT2D eigenvalue weighted by atomic mass is 19.4. The number of benzene rings is 1. The minimum absolute atomic E-state index is 0.108. The van der Waals surface area contributed by atoms with Gasteiger partial charge in [-0.1, -0.05) is 0 Å². The molecule has 0 radical (unpaired) electrons. The fraction of sp³-hybridized carbons (Fsp3) is 0.474. The van der Waals surface area contributed by atoms with Gasteiger partial charge in [-0.05, 0) is 56.4 Å². The van der Waals surface area contributed by atoms with Gasteiger partial charge in [0.1, 0.15) is 11.4 Å². The van der Waals surface area contributed by atoms with Crippen LogP contribution < -0.4 is 15.8 Å². The Hall–Kier alpha value is -2.51. The Morgan fingerprint density at radius 3 is 2.52 bits per heavy atom. The van der Waals surface area contributed by atoms with Crippen molar-refractivity contribution in [1.29, 1.82) is 0 Å². The summed E-state index contributed by atoms with van der Waals surface area (Å²) in [7, 11) is 1.56. The molecule has 0 unspecified atom stereocenters. The Morgan fingerprint density at radius 2 is 1.89 bits per heavy atom. The molecule has 1 saturated carbocycles. The van der Waals surface area contributed by atoms with Crippen molar-refractivity contribution in [1.82, 2.24) is 0 Å². The first-order valence-electron chi connectivity index (χ1n) is 8.84. The molecule has 1 aromatic carbocycles. The lowest BCUT2D eigenvalue weighted by molar-refractivity contribution is -0.116. The van der Waals surface area contributed by atoms with Crippen LogP contribution in [0.4, 0.5) is 18.9 Å². The summed E-state index contributed by atoms with van der Waals surface area (Å²) in [4.78, 5) is 16.2. The summed E-state index contributed by atoms with van der Waals surface area (Å²) in [5, 5.41) is 2.76. The number of hydrogen-bond donors (Lipinski definition) is 2. The second-order valence-corrected chi connectivity index (χ2v) is 6.31. The second-order valence-electron chi connectivity index (χ2n) is 6.31.